The number of phenolic OH excluding ortho intramolecular Hbond substituents is 1. The molecule has 1 saturated heterocycles. The molecule has 5 heteroatoms. The minimum Gasteiger partial charge on any atom is -0.504 e. The fraction of sp³-hybridized carbons (Fsp3) is 0.652. The maximum atomic E-state index is 10.7. The number of likely N-dealkylation sites (tertiary alicyclic amines) is 1. The monoisotopic (exact) mass is 383 g/mol. The molecule has 1 aromatic rings. The van der Waals surface area contributed by atoms with Crippen LogP contribution in [0.4, 0.5) is 0 Å². The van der Waals surface area contributed by atoms with Gasteiger partial charge in [0.1, 0.15) is 11.7 Å². The Morgan fingerprint density at radius 2 is 2.11 bits per heavy atom. The number of methoxy groups -OCH3 is 2. The number of likely N-dealkylation sites (N-methyl/N-ethyl adjacent to an activating group) is 1. The molecular formula is C23H29NO4. The van der Waals surface area contributed by atoms with E-state index in [0.29, 0.717) is 11.8 Å². The first kappa shape index (κ1) is 17.3. The number of nitrogens with zero attached hydrogens (tertiary/aromatic N) is 1. The van der Waals surface area contributed by atoms with Gasteiger partial charge in [0.15, 0.2) is 11.5 Å². The van der Waals surface area contributed by atoms with Crippen LogP contribution in [0.25, 0.3) is 0 Å². The molecule has 0 aromatic heterocycles. The number of piperidine rings is 1. The number of fused-ring (bicyclic) bond motifs is 1. The Bertz CT molecular complexity index is 899. The smallest absolute Gasteiger partial charge is 0.165 e. The molecule has 150 valence electrons. The molecule has 1 N–H and O–H groups in total. The van der Waals surface area contributed by atoms with Gasteiger partial charge in [-0.05, 0) is 51.4 Å². The van der Waals surface area contributed by atoms with Crippen LogP contribution >= 0.6 is 0 Å². The summed E-state index contributed by atoms with van der Waals surface area (Å²) in [5.41, 5.74) is 1.89. The second-order valence-electron chi connectivity index (χ2n) is 9.55. The molecule has 5 nitrogen and oxygen atoms in total. The molecule has 4 aliphatic carbocycles. The highest BCUT2D eigenvalue weighted by molar-refractivity contribution is 5.65. The molecule has 6 aliphatic rings. The fourth-order valence-corrected chi connectivity index (χ4v) is 7.81. The molecule has 0 radical (unpaired) electrons. The first-order valence-electron chi connectivity index (χ1n) is 10.5. The Hall–Kier alpha value is -1.56. The summed E-state index contributed by atoms with van der Waals surface area (Å²) in [6.45, 7) is 3.19. The summed E-state index contributed by atoms with van der Waals surface area (Å²) >= 11 is 0. The minimum absolute atomic E-state index is 0.0194. The van der Waals surface area contributed by atoms with Gasteiger partial charge in [0.05, 0.1) is 11.5 Å². The van der Waals surface area contributed by atoms with Crippen molar-refractivity contribution in [2.45, 2.75) is 55.5 Å². The number of hydrogen-bond donors (Lipinski definition) is 1. The zero-order valence-electron chi connectivity index (χ0n) is 17.1. The predicted octanol–water partition coefficient (Wildman–Crippen LogP) is 2.65. The Balaban J connectivity index is 1.69. The zero-order valence-corrected chi connectivity index (χ0v) is 17.1. The summed E-state index contributed by atoms with van der Waals surface area (Å²) < 4.78 is 18.9. The van der Waals surface area contributed by atoms with Crippen LogP contribution in [0.1, 0.15) is 30.9 Å². The van der Waals surface area contributed by atoms with E-state index in [2.05, 4.69) is 37.1 Å². The number of aromatic hydroxyl groups is 1. The molecule has 2 aliphatic heterocycles. The summed E-state index contributed by atoms with van der Waals surface area (Å²) in [5, 5.41) is 10.7. The molecule has 28 heavy (non-hydrogen) atoms. The average molecular weight is 383 g/mol. The lowest BCUT2D eigenvalue weighted by molar-refractivity contribution is -0.231. The topological polar surface area (TPSA) is 51.2 Å². The highest BCUT2D eigenvalue weighted by Gasteiger charge is 2.79. The van der Waals surface area contributed by atoms with Gasteiger partial charge in [-0.3, -0.25) is 0 Å². The van der Waals surface area contributed by atoms with Gasteiger partial charge >= 0.3 is 0 Å². The Labute approximate surface area is 166 Å². The minimum atomic E-state index is -0.544. The van der Waals surface area contributed by atoms with E-state index in [-0.39, 0.29) is 34.7 Å². The summed E-state index contributed by atoms with van der Waals surface area (Å²) in [7, 11) is 5.85. The standard InChI is InChI=1S/C23H29NO4/c1-13(26-3)15-12-21-7-8-23(15,27-4)20-22(21)9-10-24(2)17(21)11-14-5-6-16(25)19(28-20)18(14)22/h5-8,13,15,17,20,25H,9-12H2,1-4H3/t13-,15-,17-,20+,21-,22+,23-/m1/s1. The van der Waals surface area contributed by atoms with Crippen LogP contribution in [0.3, 0.4) is 0 Å². The molecule has 1 saturated carbocycles. The molecule has 0 unspecified atom stereocenters. The van der Waals surface area contributed by atoms with E-state index in [4.69, 9.17) is 14.2 Å². The number of phenols is 1. The van der Waals surface area contributed by atoms with E-state index in [1.54, 1.807) is 20.3 Å². The number of rotatable bonds is 3. The Morgan fingerprint density at radius 3 is 2.86 bits per heavy atom. The van der Waals surface area contributed by atoms with Crippen molar-refractivity contribution in [1.82, 2.24) is 4.90 Å². The predicted molar refractivity (Wildman–Crippen MR) is 105 cm³/mol. The van der Waals surface area contributed by atoms with Gasteiger partial charge in [0.25, 0.3) is 0 Å². The van der Waals surface area contributed by atoms with Crippen LogP contribution < -0.4 is 4.74 Å². The lowest BCUT2D eigenvalue weighted by Crippen LogP contribution is -2.79. The third-order valence-electron chi connectivity index (χ3n) is 9.06. The molecule has 1 aromatic carbocycles. The van der Waals surface area contributed by atoms with E-state index in [1.807, 2.05) is 0 Å². The third kappa shape index (κ3) is 1.54. The van der Waals surface area contributed by atoms with E-state index in [9.17, 15) is 5.11 Å². The van der Waals surface area contributed by atoms with Gasteiger partial charge in [-0.25, -0.2) is 0 Å². The van der Waals surface area contributed by atoms with Crippen LogP contribution in [-0.2, 0) is 21.3 Å². The second kappa shape index (κ2) is 5.13. The highest BCUT2D eigenvalue weighted by atomic mass is 16.6. The van der Waals surface area contributed by atoms with Crippen molar-refractivity contribution in [3.05, 3.63) is 35.4 Å². The zero-order chi connectivity index (χ0) is 19.5. The maximum Gasteiger partial charge on any atom is 0.165 e. The summed E-state index contributed by atoms with van der Waals surface area (Å²) in [4.78, 5) is 2.54. The molecule has 0 amide bonds. The van der Waals surface area contributed by atoms with E-state index >= 15 is 0 Å². The summed E-state index contributed by atoms with van der Waals surface area (Å²) in [5.74, 6) is 1.17. The first-order valence-corrected chi connectivity index (χ1v) is 10.5. The Kier molecular flexibility index (Phi) is 3.17. The summed E-state index contributed by atoms with van der Waals surface area (Å²) in [6, 6.07) is 4.34. The van der Waals surface area contributed by atoms with Crippen LogP contribution in [0.2, 0.25) is 0 Å². The largest absolute Gasteiger partial charge is 0.504 e. The third-order valence-corrected chi connectivity index (χ3v) is 9.06. The van der Waals surface area contributed by atoms with Crippen molar-refractivity contribution in [1.29, 1.82) is 0 Å². The van der Waals surface area contributed by atoms with Crippen molar-refractivity contribution in [3.63, 3.8) is 0 Å². The van der Waals surface area contributed by atoms with Crippen LogP contribution in [0, 0.1) is 11.3 Å². The van der Waals surface area contributed by atoms with Crippen LogP contribution in [0.15, 0.2) is 24.3 Å². The van der Waals surface area contributed by atoms with Crippen molar-refractivity contribution in [2.75, 3.05) is 27.8 Å². The summed E-state index contributed by atoms with van der Waals surface area (Å²) in [6.07, 6.45) is 7.71. The van der Waals surface area contributed by atoms with Crippen molar-refractivity contribution in [3.8, 4) is 11.5 Å². The molecule has 7 atom stereocenters. The average Bonchev–Trinajstić information content (AvgIpc) is 3.09. The number of benzene rings is 1. The highest BCUT2D eigenvalue weighted by Crippen LogP contribution is 2.74. The number of ether oxygens (including phenoxy) is 3. The lowest BCUT2D eigenvalue weighted by atomic mass is 9.37. The van der Waals surface area contributed by atoms with Gasteiger partial charge in [-0.1, -0.05) is 18.2 Å². The van der Waals surface area contributed by atoms with Gasteiger partial charge in [0.2, 0.25) is 0 Å². The molecule has 2 fully saturated rings. The van der Waals surface area contributed by atoms with Crippen LogP contribution in [-0.4, -0.2) is 61.7 Å². The van der Waals surface area contributed by atoms with Gasteiger partial charge in [0, 0.05) is 37.2 Å². The van der Waals surface area contributed by atoms with E-state index in [0.717, 1.165) is 25.8 Å². The molecule has 7 rings (SSSR count). The SMILES string of the molecule is CO[C@H](C)[C@H]1C[C@@]23C=C[C@]1(OC)[C@H]1Oc4c(O)ccc5c4[C@@]12CCN(C)[C@@H]3C5. The number of hydrogen-bond acceptors (Lipinski definition) is 5. The lowest BCUT2D eigenvalue weighted by Gasteiger charge is -2.71. The second-order valence-corrected chi connectivity index (χ2v) is 9.55. The maximum absolute atomic E-state index is 10.7. The normalized spacial score (nSPS) is 45.6. The molecule has 2 spiro atoms. The van der Waals surface area contributed by atoms with Crippen molar-refractivity contribution < 1.29 is 19.3 Å². The van der Waals surface area contributed by atoms with Crippen molar-refractivity contribution >= 4 is 0 Å². The molecular weight excluding hydrogens is 354 g/mol. The fourth-order valence-electron chi connectivity index (χ4n) is 7.81. The van der Waals surface area contributed by atoms with E-state index < -0.39 is 5.60 Å². The quantitative estimate of drug-likeness (QED) is 0.814. The van der Waals surface area contributed by atoms with E-state index in [1.165, 1.54) is 11.1 Å². The molecule has 2 heterocycles. The van der Waals surface area contributed by atoms with Gasteiger partial charge in [-0.15, -0.1) is 0 Å². The van der Waals surface area contributed by atoms with Crippen molar-refractivity contribution in [2.24, 2.45) is 11.3 Å². The Morgan fingerprint density at radius 1 is 1.29 bits per heavy atom. The van der Waals surface area contributed by atoms with Crippen LogP contribution in [0.5, 0.6) is 11.5 Å². The van der Waals surface area contributed by atoms with Gasteiger partial charge < -0.3 is 24.2 Å². The van der Waals surface area contributed by atoms with Gasteiger partial charge in [-0.2, -0.15) is 0 Å². The first-order chi connectivity index (χ1) is 13.4. The molecule has 4 bridgehead atoms.